The van der Waals surface area contributed by atoms with Gasteiger partial charge in [0.15, 0.2) is 5.92 Å². The first kappa shape index (κ1) is 21.2. The van der Waals surface area contributed by atoms with E-state index in [0.717, 1.165) is 5.56 Å². The van der Waals surface area contributed by atoms with Crippen molar-refractivity contribution in [2.24, 2.45) is 5.92 Å². The monoisotopic (exact) mass is 374 g/mol. The van der Waals surface area contributed by atoms with E-state index in [1.165, 1.54) is 14.2 Å². The smallest absolute Gasteiger partial charge is 0.466 e. The Bertz CT molecular complexity index is 666. The van der Waals surface area contributed by atoms with Gasteiger partial charge >= 0.3 is 19.1 Å². The van der Waals surface area contributed by atoms with Gasteiger partial charge in [0, 0.05) is 5.82 Å². The predicted molar refractivity (Wildman–Crippen MR) is 103 cm³/mol. The maximum absolute atomic E-state index is 12.4. The third kappa shape index (κ3) is 4.60. The number of carbonyl (C=O) groups excluding carboxylic acids is 2. The molecule has 0 bridgehead atoms. The second kappa shape index (κ2) is 8.27. The predicted octanol–water partition coefficient (Wildman–Crippen LogP) is 3.12. The Balaban J connectivity index is 2.43. The fourth-order valence-electron chi connectivity index (χ4n) is 2.86. The number of allylic oxidation sites excluding steroid dienone is 1. The van der Waals surface area contributed by atoms with Crippen LogP contribution in [0, 0.1) is 5.92 Å². The van der Waals surface area contributed by atoms with Gasteiger partial charge in [-0.05, 0) is 33.3 Å². The Labute approximate surface area is 161 Å². The van der Waals surface area contributed by atoms with Gasteiger partial charge < -0.3 is 18.8 Å². The summed E-state index contributed by atoms with van der Waals surface area (Å²) in [6.45, 7) is 7.65. The maximum atomic E-state index is 12.4. The van der Waals surface area contributed by atoms with Crippen LogP contribution >= 0.6 is 0 Å². The molecule has 0 unspecified atom stereocenters. The number of hydrogen-bond acceptors (Lipinski definition) is 6. The van der Waals surface area contributed by atoms with Crippen LogP contribution in [0.2, 0.25) is 5.82 Å². The van der Waals surface area contributed by atoms with E-state index >= 15 is 0 Å². The van der Waals surface area contributed by atoms with Gasteiger partial charge in [0.1, 0.15) is 0 Å². The minimum atomic E-state index is -1.20. The lowest BCUT2D eigenvalue weighted by atomic mass is 9.64. The molecule has 0 spiro atoms. The Morgan fingerprint density at radius 2 is 1.44 bits per heavy atom. The quantitative estimate of drug-likeness (QED) is 0.433. The average Bonchev–Trinajstić information content (AvgIpc) is 2.85. The highest BCUT2D eigenvalue weighted by Crippen LogP contribution is 2.43. The Hall–Kier alpha value is -2.12. The van der Waals surface area contributed by atoms with Crippen LogP contribution in [-0.2, 0) is 28.4 Å². The van der Waals surface area contributed by atoms with Gasteiger partial charge in [-0.15, -0.1) is 0 Å². The van der Waals surface area contributed by atoms with Crippen LogP contribution < -0.4 is 0 Å². The summed E-state index contributed by atoms with van der Waals surface area (Å²) < 4.78 is 21.9. The molecular weight excluding hydrogens is 347 g/mol. The fourth-order valence-corrected chi connectivity index (χ4v) is 2.86. The zero-order valence-electron chi connectivity index (χ0n) is 16.7. The molecule has 0 aromatic heterocycles. The van der Waals surface area contributed by atoms with Gasteiger partial charge in [0.25, 0.3) is 0 Å². The van der Waals surface area contributed by atoms with E-state index in [1.54, 1.807) is 6.08 Å². The molecule has 1 fully saturated rings. The lowest BCUT2D eigenvalue weighted by Gasteiger charge is -2.32. The molecule has 1 heterocycles. The standard InChI is InChI=1S/C20H27BO6/c1-19(2)20(3,4)27-21(26-19)15(13-12-14-10-8-7-9-11-14)16(17(22)24-5)18(23)25-6/h7-13,15-16H,1-6H3/b13-12+/t15-/m1/s1. The third-order valence-corrected chi connectivity index (χ3v) is 5.19. The Morgan fingerprint density at radius 3 is 1.89 bits per heavy atom. The van der Waals surface area contributed by atoms with Gasteiger partial charge in [0.05, 0.1) is 25.4 Å². The second-order valence-electron chi connectivity index (χ2n) is 7.50. The lowest BCUT2D eigenvalue weighted by molar-refractivity contribution is -0.158. The van der Waals surface area contributed by atoms with E-state index < -0.39 is 42.0 Å². The van der Waals surface area contributed by atoms with Crippen LogP contribution in [0.3, 0.4) is 0 Å². The number of hydrogen-bond donors (Lipinski definition) is 0. The number of carbonyl (C=O) groups is 2. The van der Waals surface area contributed by atoms with Crippen molar-refractivity contribution in [3.05, 3.63) is 42.0 Å². The molecule has 1 saturated heterocycles. The van der Waals surface area contributed by atoms with Crippen molar-refractivity contribution in [2.75, 3.05) is 14.2 Å². The van der Waals surface area contributed by atoms with E-state index in [0.29, 0.717) is 0 Å². The molecule has 146 valence electrons. The van der Waals surface area contributed by atoms with Gasteiger partial charge in [0.2, 0.25) is 0 Å². The largest absolute Gasteiger partial charge is 0.468 e. The molecule has 0 aliphatic carbocycles. The Kier molecular flexibility index (Phi) is 6.49. The van der Waals surface area contributed by atoms with Gasteiger partial charge in [-0.1, -0.05) is 42.5 Å². The first-order valence-corrected chi connectivity index (χ1v) is 8.87. The summed E-state index contributed by atoms with van der Waals surface area (Å²) in [4.78, 5) is 24.8. The van der Waals surface area contributed by atoms with E-state index in [4.69, 9.17) is 18.8 Å². The number of methoxy groups -OCH3 is 2. The van der Waals surface area contributed by atoms with Crippen LogP contribution in [0.4, 0.5) is 0 Å². The molecule has 1 aliphatic heterocycles. The summed E-state index contributed by atoms with van der Waals surface area (Å²) in [6.07, 6.45) is 3.57. The first-order chi connectivity index (χ1) is 12.6. The topological polar surface area (TPSA) is 71.1 Å². The fraction of sp³-hybridized carbons (Fsp3) is 0.500. The van der Waals surface area contributed by atoms with Gasteiger partial charge in [-0.2, -0.15) is 0 Å². The Morgan fingerprint density at radius 1 is 0.963 bits per heavy atom. The molecule has 1 aromatic carbocycles. The molecular formula is C20H27BO6. The first-order valence-electron chi connectivity index (χ1n) is 8.87. The van der Waals surface area contributed by atoms with E-state index in [-0.39, 0.29) is 0 Å². The van der Waals surface area contributed by atoms with E-state index in [1.807, 2.05) is 64.1 Å². The number of benzene rings is 1. The third-order valence-electron chi connectivity index (χ3n) is 5.19. The van der Waals surface area contributed by atoms with Crippen LogP contribution in [-0.4, -0.2) is 44.5 Å². The van der Waals surface area contributed by atoms with E-state index in [9.17, 15) is 9.59 Å². The van der Waals surface area contributed by atoms with Crippen LogP contribution in [0.5, 0.6) is 0 Å². The van der Waals surface area contributed by atoms with Crippen LogP contribution in [0.1, 0.15) is 33.3 Å². The molecule has 0 radical (unpaired) electrons. The molecule has 2 rings (SSSR count). The highest BCUT2D eigenvalue weighted by molar-refractivity contribution is 6.49. The lowest BCUT2D eigenvalue weighted by Crippen LogP contribution is -2.41. The molecule has 27 heavy (non-hydrogen) atoms. The maximum Gasteiger partial charge on any atom is 0.466 e. The van der Waals surface area contributed by atoms with Gasteiger partial charge in [-0.25, -0.2) is 0 Å². The molecule has 1 aliphatic rings. The molecule has 6 nitrogen and oxygen atoms in total. The highest BCUT2D eigenvalue weighted by Gasteiger charge is 2.56. The molecule has 0 amide bonds. The second-order valence-corrected chi connectivity index (χ2v) is 7.50. The zero-order chi connectivity index (χ0) is 20.2. The summed E-state index contributed by atoms with van der Waals surface area (Å²) in [5, 5.41) is 0. The van der Waals surface area contributed by atoms with Crippen molar-refractivity contribution in [3.8, 4) is 0 Å². The van der Waals surface area contributed by atoms with Crippen molar-refractivity contribution in [1.29, 1.82) is 0 Å². The molecule has 0 saturated carbocycles. The minimum Gasteiger partial charge on any atom is -0.468 e. The SMILES string of the molecule is COC(=O)C(C(=O)OC)[C@@H](/C=C/c1ccccc1)B1OC(C)(C)C(C)(C)O1. The van der Waals surface area contributed by atoms with Crippen LogP contribution in [0.15, 0.2) is 36.4 Å². The molecule has 0 N–H and O–H groups in total. The van der Waals surface area contributed by atoms with Crippen molar-refractivity contribution in [3.63, 3.8) is 0 Å². The summed E-state index contributed by atoms with van der Waals surface area (Å²) in [5.41, 5.74) is -0.284. The summed E-state index contributed by atoms with van der Waals surface area (Å²) in [5.74, 6) is -3.31. The summed E-state index contributed by atoms with van der Waals surface area (Å²) in [6, 6.07) is 9.56. The van der Waals surface area contributed by atoms with Crippen molar-refractivity contribution < 1.29 is 28.4 Å². The zero-order valence-corrected chi connectivity index (χ0v) is 16.7. The van der Waals surface area contributed by atoms with Crippen molar-refractivity contribution >= 4 is 25.1 Å². The van der Waals surface area contributed by atoms with Gasteiger partial charge in [-0.3, -0.25) is 9.59 Å². The van der Waals surface area contributed by atoms with Crippen molar-refractivity contribution in [2.45, 2.75) is 44.7 Å². The highest BCUT2D eigenvalue weighted by atomic mass is 16.7. The minimum absolute atomic E-state index is 0.604. The summed E-state index contributed by atoms with van der Waals surface area (Å²) in [7, 11) is 1.67. The number of rotatable bonds is 6. The van der Waals surface area contributed by atoms with Crippen molar-refractivity contribution in [1.82, 2.24) is 0 Å². The molecule has 1 aromatic rings. The molecule has 7 heteroatoms. The molecule has 1 atom stereocenters. The number of ether oxygens (including phenoxy) is 2. The normalized spacial score (nSPS) is 19.3. The number of esters is 2. The van der Waals surface area contributed by atoms with Crippen LogP contribution in [0.25, 0.3) is 6.08 Å². The summed E-state index contributed by atoms with van der Waals surface area (Å²) >= 11 is 0. The average molecular weight is 374 g/mol. The van der Waals surface area contributed by atoms with E-state index in [2.05, 4.69) is 0 Å².